The molecular weight excluding hydrogens is 654 g/mol. The van der Waals surface area contributed by atoms with Gasteiger partial charge in [0, 0.05) is 35.4 Å². The monoisotopic (exact) mass is 707 g/mol. The Labute approximate surface area is 299 Å². The Bertz CT molecular complexity index is 1680. The lowest BCUT2D eigenvalue weighted by molar-refractivity contribution is -0.272. The summed E-state index contributed by atoms with van der Waals surface area (Å²) in [5.41, 5.74) is -3.11. The number of rotatable bonds is 8. The first-order valence-corrected chi connectivity index (χ1v) is 18.6. The maximum absolute atomic E-state index is 13.9. The van der Waals surface area contributed by atoms with Gasteiger partial charge >= 0.3 is 23.5 Å². The first kappa shape index (κ1) is 37.0. The van der Waals surface area contributed by atoms with Crippen LogP contribution in [0.3, 0.4) is 0 Å². The van der Waals surface area contributed by atoms with Crippen LogP contribution in [0, 0.1) is 40.4 Å². The zero-order valence-corrected chi connectivity index (χ0v) is 30.9. The van der Waals surface area contributed by atoms with Crippen LogP contribution in [-0.2, 0) is 28.6 Å². The molecule has 11 nitrogen and oxygen atoms in total. The molecule has 0 aromatic carbocycles. The van der Waals surface area contributed by atoms with Crippen LogP contribution in [0.15, 0.2) is 39.8 Å². The number of carbonyl (C=O) groups is 3. The number of aromatic nitrogens is 1. The topological polar surface area (TPSA) is 151 Å². The van der Waals surface area contributed by atoms with Gasteiger partial charge in [-0.25, -0.2) is 4.79 Å². The van der Waals surface area contributed by atoms with Crippen molar-refractivity contribution in [3.05, 3.63) is 46.6 Å². The Hall–Kier alpha value is -3.73. The SMILES string of the molecule is CC(C)C(=O)OC[C@@]1(C)C2C[C@H](OC(=O)C3CCCCC3)[C@@]3(C)Oc4cc(-c5cccnc5)oc(=O)c4C(O)C3[C@@]2(C)CC[C@@H]1OC(=O)C(C)C. The summed E-state index contributed by atoms with van der Waals surface area (Å²) in [4.78, 5) is 57.8. The van der Waals surface area contributed by atoms with Gasteiger partial charge in [0.1, 0.15) is 41.5 Å². The van der Waals surface area contributed by atoms with Crippen LogP contribution >= 0.6 is 0 Å². The summed E-state index contributed by atoms with van der Waals surface area (Å²) in [7, 11) is 0. The number of hydrogen-bond donors (Lipinski definition) is 1. The fourth-order valence-electron chi connectivity index (χ4n) is 9.62. The largest absolute Gasteiger partial charge is 0.482 e. The molecule has 2 aromatic rings. The van der Waals surface area contributed by atoms with Crippen LogP contribution in [0.2, 0.25) is 0 Å². The highest BCUT2D eigenvalue weighted by Gasteiger charge is 2.71. The average molecular weight is 708 g/mol. The van der Waals surface area contributed by atoms with Crippen molar-refractivity contribution in [2.75, 3.05) is 6.61 Å². The Morgan fingerprint density at radius 2 is 1.69 bits per heavy atom. The van der Waals surface area contributed by atoms with Gasteiger partial charge in [0.25, 0.3) is 0 Å². The van der Waals surface area contributed by atoms with Crippen molar-refractivity contribution in [3.63, 3.8) is 0 Å². The van der Waals surface area contributed by atoms with E-state index in [9.17, 15) is 24.3 Å². The number of esters is 3. The highest BCUT2D eigenvalue weighted by molar-refractivity contribution is 5.73. The van der Waals surface area contributed by atoms with Crippen molar-refractivity contribution >= 4 is 17.9 Å². The van der Waals surface area contributed by atoms with E-state index in [1.165, 1.54) is 0 Å². The van der Waals surface area contributed by atoms with Gasteiger partial charge in [-0.2, -0.15) is 0 Å². The Kier molecular flexibility index (Phi) is 10.2. The fraction of sp³-hybridized carbons (Fsp3) is 0.675. The highest BCUT2D eigenvalue weighted by Crippen LogP contribution is 2.67. The van der Waals surface area contributed by atoms with Crippen LogP contribution in [-0.4, -0.2) is 52.4 Å². The van der Waals surface area contributed by atoms with Crippen LogP contribution in [0.25, 0.3) is 11.3 Å². The number of aliphatic hydroxyl groups is 1. The molecule has 1 aliphatic heterocycles. The predicted molar refractivity (Wildman–Crippen MR) is 186 cm³/mol. The van der Waals surface area contributed by atoms with Gasteiger partial charge in [0.15, 0.2) is 0 Å². The van der Waals surface area contributed by atoms with Gasteiger partial charge < -0.3 is 28.5 Å². The number of pyridine rings is 1. The lowest BCUT2D eigenvalue weighted by Crippen LogP contribution is -2.71. The van der Waals surface area contributed by atoms with E-state index in [1.807, 2.05) is 13.8 Å². The summed E-state index contributed by atoms with van der Waals surface area (Å²) in [6, 6.07) is 5.10. The standard InChI is InChI=1S/C40H53NO10/c1-22(2)34(43)47-21-39(6)28-19-30(50-36(45)24-12-9-8-10-13-24)40(7)33(38(28,5)16-15-29(39)49-35(44)23(3)4)32(42)31-27(51-40)18-26(48-37(31)46)25-14-11-17-41-20-25/h11,14,17-18,20,22-24,28-30,32-33,42H,8-10,12-13,15-16,19,21H2,1-7H3/t28?,29-,30-,32?,33?,38-,39-,40+/m0/s1. The smallest absolute Gasteiger partial charge is 0.345 e. The Morgan fingerprint density at radius 3 is 2.33 bits per heavy atom. The predicted octanol–water partition coefficient (Wildman–Crippen LogP) is 6.59. The summed E-state index contributed by atoms with van der Waals surface area (Å²) < 4.78 is 31.3. The van der Waals surface area contributed by atoms with E-state index in [1.54, 1.807) is 58.3 Å². The molecule has 0 saturated heterocycles. The minimum absolute atomic E-state index is 0.00523. The van der Waals surface area contributed by atoms with Crippen LogP contribution < -0.4 is 10.4 Å². The van der Waals surface area contributed by atoms with Crippen molar-refractivity contribution in [2.24, 2.45) is 40.4 Å². The number of ether oxygens (including phenoxy) is 4. The zero-order chi connectivity index (χ0) is 36.9. The average Bonchev–Trinajstić information content (AvgIpc) is 3.09. The summed E-state index contributed by atoms with van der Waals surface area (Å²) in [5.74, 6) is -2.78. The second-order valence-corrected chi connectivity index (χ2v) is 16.6. The summed E-state index contributed by atoms with van der Waals surface area (Å²) in [6.07, 6.45) is 6.04. The van der Waals surface area contributed by atoms with E-state index in [0.717, 1.165) is 32.1 Å². The molecule has 11 heteroatoms. The van der Waals surface area contributed by atoms with Crippen molar-refractivity contribution in [1.29, 1.82) is 0 Å². The van der Waals surface area contributed by atoms with Crippen molar-refractivity contribution in [1.82, 2.24) is 4.98 Å². The molecule has 278 valence electrons. The molecule has 2 aromatic heterocycles. The van der Waals surface area contributed by atoms with Crippen LogP contribution in [0.5, 0.6) is 5.75 Å². The Morgan fingerprint density at radius 1 is 0.980 bits per heavy atom. The van der Waals surface area contributed by atoms with Crippen molar-refractivity contribution in [2.45, 2.75) is 124 Å². The van der Waals surface area contributed by atoms with Crippen molar-refractivity contribution in [3.8, 4) is 17.1 Å². The van der Waals surface area contributed by atoms with Crippen LogP contribution in [0.4, 0.5) is 0 Å². The number of hydrogen-bond acceptors (Lipinski definition) is 11. The normalized spacial score (nSPS) is 33.3. The third-order valence-electron chi connectivity index (χ3n) is 12.5. The first-order chi connectivity index (χ1) is 24.1. The summed E-state index contributed by atoms with van der Waals surface area (Å²) in [6.45, 7) is 12.9. The second kappa shape index (κ2) is 14.0. The van der Waals surface area contributed by atoms with Gasteiger partial charge in [-0.1, -0.05) is 60.8 Å². The molecule has 6 rings (SSSR count). The summed E-state index contributed by atoms with van der Waals surface area (Å²) in [5, 5.41) is 12.5. The molecule has 0 radical (unpaired) electrons. The van der Waals surface area contributed by atoms with Gasteiger partial charge in [-0.05, 0) is 62.5 Å². The van der Waals surface area contributed by atoms with Crippen molar-refractivity contribution < 1.29 is 42.9 Å². The molecule has 3 fully saturated rings. The molecule has 3 saturated carbocycles. The van der Waals surface area contributed by atoms with Crippen LogP contribution in [0.1, 0.15) is 112 Å². The molecule has 51 heavy (non-hydrogen) atoms. The molecular formula is C40H53NO10. The summed E-state index contributed by atoms with van der Waals surface area (Å²) >= 11 is 0. The van der Waals surface area contributed by atoms with Gasteiger partial charge in [0.05, 0.1) is 23.9 Å². The molecule has 1 N–H and O–H groups in total. The zero-order valence-electron chi connectivity index (χ0n) is 30.9. The first-order valence-electron chi connectivity index (χ1n) is 18.6. The molecule has 3 aliphatic carbocycles. The molecule has 0 bridgehead atoms. The third-order valence-corrected chi connectivity index (χ3v) is 12.5. The molecule has 4 aliphatic rings. The van der Waals surface area contributed by atoms with E-state index < -0.39 is 52.2 Å². The van der Waals surface area contributed by atoms with E-state index in [-0.39, 0.29) is 59.3 Å². The number of carbonyl (C=O) groups excluding carboxylic acids is 3. The lowest BCUT2D eigenvalue weighted by atomic mass is 9.42. The van der Waals surface area contributed by atoms with Gasteiger partial charge in [0.2, 0.25) is 0 Å². The molecule has 8 atom stereocenters. The number of aliphatic hydroxyl groups excluding tert-OH is 1. The highest BCUT2D eigenvalue weighted by atomic mass is 16.6. The maximum Gasteiger partial charge on any atom is 0.345 e. The molecule has 3 unspecified atom stereocenters. The van der Waals surface area contributed by atoms with E-state index in [2.05, 4.69) is 11.9 Å². The third kappa shape index (κ3) is 6.59. The quantitative estimate of drug-likeness (QED) is 0.234. The Balaban J connectivity index is 1.47. The number of fused-ring (bicyclic) bond motifs is 4. The van der Waals surface area contributed by atoms with E-state index in [0.29, 0.717) is 24.8 Å². The minimum Gasteiger partial charge on any atom is -0.482 e. The second-order valence-electron chi connectivity index (χ2n) is 16.6. The maximum atomic E-state index is 13.9. The molecule has 3 heterocycles. The fourth-order valence-corrected chi connectivity index (χ4v) is 9.62. The van der Waals surface area contributed by atoms with Gasteiger partial charge in [-0.3, -0.25) is 19.4 Å². The lowest BCUT2D eigenvalue weighted by Gasteiger charge is -2.66. The number of nitrogens with zero attached hydrogens (tertiary/aromatic N) is 1. The minimum atomic E-state index is -1.35. The molecule has 0 amide bonds. The van der Waals surface area contributed by atoms with Gasteiger partial charge in [-0.15, -0.1) is 0 Å². The van der Waals surface area contributed by atoms with E-state index in [4.69, 9.17) is 23.4 Å². The van der Waals surface area contributed by atoms with E-state index >= 15 is 0 Å². The molecule has 0 spiro atoms.